The molecule has 0 saturated heterocycles. The van der Waals surface area contributed by atoms with Crippen molar-refractivity contribution in [2.75, 3.05) is 0 Å². The number of benzene rings is 2. The molecule has 26 heavy (non-hydrogen) atoms. The summed E-state index contributed by atoms with van der Waals surface area (Å²) in [5.41, 5.74) is 5.62. The minimum atomic E-state index is -4.39. The molecule has 8 heteroatoms. The Morgan fingerprint density at radius 2 is 1.50 bits per heavy atom. The zero-order chi connectivity index (χ0) is 18.7. The van der Waals surface area contributed by atoms with Crippen LogP contribution in [0.1, 0.15) is 16.2 Å². The lowest BCUT2D eigenvalue weighted by molar-refractivity contribution is -0.137. The SMILES string of the molecule is NC(=O)c1nccc(-c2ccc(Oc3ccc(C(F)(F)F)cc3)cc2)n1. The maximum Gasteiger partial charge on any atom is 0.416 e. The summed E-state index contributed by atoms with van der Waals surface area (Å²) in [5.74, 6) is -0.0943. The Morgan fingerprint density at radius 3 is 2.04 bits per heavy atom. The first-order valence-corrected chi connectivity index (χ1v) is 7.41. The minimum absolute atomic E-state index is 0.0902. The molecule has 0 fully saturated rings. The molecule has 3 aromatic rings. The molecule has 0 aliphatic heterocycles. The van der Waals surface area contributed by atoms with Crippen molar-refractivity contribution in [3.63, 3.8) is 0 Å². The maximum absolute atomic E-state index is 12.6. The van der Waals surface area contributed by atoms with E-state index in [0.717, 1.165) is 12.1 Å². The molecule has 0 unspecified atom stereocenters. The predicted octanol–water partition coefficient (Wildman–Crippen LogP) is 4.05. The third kappa shape index (κ3) is 3.97. The van der Waals surface area contributed by atoms with Gasteiger partial charge in [0, 0.05) is 11.8 Å². The molecule has 0 aliphatic carbocycles. The summed E-state index contributed by atoms with van der Waals surface area (Å²) in [4.78, 5) is 19.0. The van der Waals surface area contributed by atoms with E-state index in [4.69, 9.17) is 10.5 Å². The smallest absolute Gasteiger partial charge is 0.416 e. The molecule has 1 heterocycles. The molecule has 0 radical (unpaired) electrons. The first-order chi connectivity index (χ1) is 12.3. The van der Waals surface area contributed by atoms with E-state index in [9.17, 15) is 18.0 Å². The molecule has 0 saturated carbocycles. The van der Waals surface area contributed by atoms with Crippen LogP contribution in [0, 0.1) is 0 Å². The average Bonchev–Trinajstić information content (AvgIpc) is 2.62. The van der Waals surface area contributed by atoms with E-state index in [1.165, 1.54) is 18.3 Å². The van der Waals surface area contributed by atoms with Crippen LogP contribution in [-0.2, 0) is 6.18 Å². The van der Waals surface area contributed by atoms with Gasteiger partial charge >= 0.3 is 6.18 Å². The Bertz CT molecular complexity index is 924. The van der Waals surface area contributed by atoms with Crippen molar-refractivity contribution in [2.24, 2.45) is 5.73 Å². The van der Waals surface area contributed by atoms with Crippen LogP contribution in [0.2, 0.25) is 0 Å². The van der Waals surface area contributed by atoms with Crippen LogP contribution in [0.15, 0.2) is 60.8 Å². The highest BCUT2D eigenvalue weighted by Gasteiger charge is 2.30. The Balaban J connectivity index is 1.76. The molecular weight excluding hydrogens is 347 g/mol. The number of hydrogen-bond donors (Lipinski definition) is 1. The van der Waals surface area contributed by atoms with Gasteiger partial charge in [-0.2, -0.15) is 13.2 Å². The van der Waals surface area contributed by atoms with Gasteiger partial charge in [0.2, 0.25) is 5.82 Å². The van der Waals surface area contributed by atoms with E-state index in [-0.39, 0.29) is 11.6 Å². The van der Waals surface area contributed by atoms with Crippen molar-refractivity contribution < 1.29 is 22.7 Å². The summed E-state index contributed by atoms with van der Waals surface area (Å²) in [6, 6.07) is 12.7. The second-order valence-corrected chi connectivity index (χ2v) is 5.28. The largest absolute Gasteiger partial charge is 0.457 e. The Hall–Kier alpha value is -3.42. The Morgan fingerprint density at radius 1 is 0.923 bits per heavy atom. The minimum Gasteiger partial charge on any atom is -0.457 e. The summed E-state index contributed by atoms with van der Waals surface area (Å²) < 4.78 is 43.2. The number of rotatable bonds is 4. The fraction of sp³-hybridized carbons (Fsp3) is 0.0556. The quantitative estimate of drug-likeness (QED) is 0.762. The average molecular weight is 359 g/mol. The van der Waals surface area contributed by atoms with Crippen LogP contribution in [-0.4, -0.2) is 15.9 Å². The Kier molecular flexibility index (Phi) is 4.57. The lowest BCUT2D eigenvalue weighted by Gasteiger charge is -2.09. The zero-order valence-corrected chi connectivity index (χ0v) is 13.2. The van der Waals surface area contributed by atoms with E-state index in [0.29, 0.717) is 17.0 Å². The molecule has 0 atom stereocenters. The van der Waals surface area contributed by atoms with Gasteiger partial charge in [-0.1, -0.05) is 0 Å². The van der Waals surface area contributed by atoms with E-state index < -0.39 is 17.6 Å². The fourth-order valence-electron chi connectivity index (χ4n) is 2.18. The Labute approximate surface area is 146 Å². The molecule has 2 N–H and O–H groups in total. The number of halogens is 3. The topological polar surface area (TPSA) is 78.1 Å². The third-order valence-electron chi connectivity index (χ3n) is 3.44. The number of alkyl halides is 3. The highest BCUT2D eigenvalue weighted by molar-refractivity contribution is 5.89. The van der Waals surface area contributed by atoms with E-state index in [1.807, 2.05) is 0 Å². The first kappa shape index (κ1) is 17.4. The van der Waals surface area contributed by atoms with Crippen LogP contribution in [0.4, 0.5) is 13.2 Å². The fourth-order valence-corrected chi connectivity index (χ4v) is 2.18. The lowest BCUT2D eigenvalue weighted by atomic mass is 10.1. The second-order valence-electron chi connectivity index (χ2n) is 5.28. The summed E-state index contributed by atoms with van der Waals surface area (Å²) in [6.07, 6.45) is -2.96. The number of aromatic nitrogens is 2. The van der Waals surface area contributed by atoms with Crippen LogP contribution in [0.25, 0.3) is 11.3 Å². The van der Waals surface area contributed by atoms with Crippen molar-refractivity contribution in [3.8, 4) is 22.8 Å². The number of amides is 1. The van der Waals surface area contributed by atoms with Crippen LogP contribution in [0.5, 0.6) is 11.5 Å². The number of primary amides is 1. The number of carbonyl (C=O) groups excluding carboxylic acids is 1. The van der Waals surface area contributed by atoms with Crippen LogP contribution >= 0.6 is 0 Å². The molecule has 0 bridgehead atoms. The van der Waals surface area contributed by atoms with Crippen LogP contribution < -0.4 is 10.5 Å². The number of carbonyl (C=O) groups is 1. The van der Waals surface area contributed by atoms with Gasteiger partial charge < -0.3 is 10.5 Å². The van der Waals surface area contributed by atoms with Crippen molar-refractivity contribution in [2.45, 2.75) is 6.18 Å². The van der Waals surface area contributed by atoms with Gasteiger partial charge in [-0.3, -0.25) is 4.79 Å². The first-order valence-electron chi connectivity index (χ1n) is 7.41. The molecule has 2 aromatic carbocycles. The number of nitrogens with zero attached hydrogens (tertiary/aromatic N) is 2. The van der Waals surface area contributed by atoms with Crippen molar-refractivity contribution in [1.29, 1.82) is 0 Å². The highest BCUT2D eigenvalue weighted by Crippen LogP contribution is 2.31. The summed E-state index contributed by atoms with van der Waals surface area (Å²) >= 11 is 0. The van der Waals surface area contributed by atoms with E-state index >= 15 is 0 Å². The summed E-state index contributed by atoms with van der Waals surface area (Å²) in [5, 5.41) is 0. The van der Waals surface area contributed by atoms with Gasteiger partial charge in [-0.05, 0) is 54.6 Å². The second kappa shape index (κ2) is 6.83. The molecule has 1 aromatic heterocycles. The van der Waals surface area contributed by atoms with Gasteiger partial charge in [0.1, 0.15) is 11.5 Å². The molecule has 0 spiro atoms. The summed E-state index contributed by atoms with van der Waals surface area (Å²) in [6.45, 7) is 0. The predicted molar refractivity (Wildman–Crippen MR) is 87.5 cm³/mol. The van der Waals surface area contributed by atoms with Gasteiger partial charge in [0.15, 0.2) is 0 Å². The number of nitrogens with two attached hydrogens (primary N) is 1. The molecular formula is C18H12F3N3O2. The molecule has 0 aliphatic rings. The van der Waals surface area contributed by atoms with E-state index in [2.05, 4.69) is 9.97 Å². The van der Waals surface area contributed by atoms with Crippen molar-refractivity contribution in [3.05, 3.63) is 72.2 Å². The van der Waals surface area contributed by atoms with Gasteiger partial charge in [0.05, 0.1) is 11.3 Å². The zero-order valence-electron chi connectivity index (χ0n) is 13.2. The van der Waals surface area contributed by atoms with Gasteiger partial charge in [0.25, 0.3) is 5.91 Å². The molecule has 3 rings (SSSR count). The third-order valence-corrected chi connectivity index (χ3v) is 3.44. The normalized spacial score (nSPS) is 11.2. The van der Waals surface area contributed by atoms with Crippen molar-refractivity contribution in [1.82, 2.24) is 9.97 Å². The number of hydrogen-bond acceptors (Lipinski definition) is 4. The van der Waals surface area contributed by atoms with E-state index in [1.54, 1.807) is 30.3 Å². The molecule has 132 valence electrons. The lowest BCUT2D eigenvalue weighted by Crippen LogP contribution is -2.15. The monoisotopic (exact) mass is 359 g/mol. The van der Waals surface area contributed by atoms with Gasteiger partial charge in [-0.15, -0.1) is 0 Å². The molecule has 5 nitrogen and oxygen atoms in total. The molecule has 1 amide bonds. The highest BCUT2D eigenvalue weighted by atomic mass is 19.4. The van der Waals surface area contributed by atoms with Crippen molar-refractivity contribution >= 4 is 5.91 Å². The standard InChI is InChI=1S/C18H12F3N3O2/c19-18(20,21)12-3-7-14(8-4-12)26-13-5-1-11(2-6-13)15-9-10-23-17(24-15)16(22)25/h1-10H,(H2,22,25). The van der Waals surface area contributed by atoms with Gasteiger partial charge in [-0.25, -0.2) is 9.97 Å². The number of ether oxygens (including phenoxy) is 1. The maximum atomic E-state index is 12.6. The van der Waals surface area contributed by atoms with Crippen LogP contribution in [0.3, 0.4) is 0 Å². The summed E-state index contributed by atoms with van der Waals surface area (Å²) in [7, 11) is 0.